The normalized spacial score (nSPS) is 12.7. The third-order valence-corrected chi connectivity index (χ3v) is 13.4. The molecule has 0 amide bonds. The van der Waals surface area contributed by atoms with Gasteiger partial charge in [-0.2, -0.15) is 0 Å². The summed E-state index contributed by atoms with van der Waals surface area (Å²) in [6.07, 6.45) is 0. The van der Waals surface area contributed by atoms with Gasteiger partial charge in [0.05, 0.1) is 5.69 Å². The summed E-state index contributed by atoms with van der Waals surface area (Å²) in [4.78, 5) is 4.70. The van der Waals surface area contributed by atoms with Crippen LogP contribution in [0, 0.1) is 0 Å². The summed E-state index contributed by atoms with van der Waals surface area (Å²) in [5, 5.41) is 7.67. The van der Waals surface area contributed by atoms with Gasteiger partial charge in [0, 0.05) is 39.2 Å². The van der Waals surface area contributed by atoms with Crippen molar-refractivity contribution in [3.05, 3.63) is 242 Å². The Kier molecular flexibility index (Phi) is 8.55. The number of anilines is 6. The molecule has 11 aromatic rings. The third-order valence-electron chi connectivity index (χ3n) is 13.4. The molecule has 12 rings (SSSR count). The van der Waals surface area contributed by atoms with Crippen LogP contribution < -0.4 is 9.80 Å². The van der Waals surface area contributed by atoms with Crippen molar-refractivity contribution >= 4 is 66.4 Å². The van der Waals surface area contributed by atoms with Gasteiger partial charge in [0.1, 0.15) is 0 Å². The van der Waals surface area contributed by atoms with Gasteiger partial charge in [0.25, 0.3) is 0 Å². The van der Waals surface area contributed by atoms with E-state index in [4.69, 9.17) is 0 Å². The molecule has 0 saturated carbocycles. The topological polar surface area (TPSA) is 6.48 Å². The highest BCUT2D eigenvalue weighted by Gasteiger charge is 2.36. The van der Waals surface area contributed by atoms with E-state index in [1.54, 1.807) is 0 Å². The summed E-state index contributed by atoms with van der Waals surface area (Å²) in [5.41, 5.74) is 17.0. The zero-order chi connectivity index (χ0) is 42.1. The van der Waals surface area contributed by atoms with Crippen LogP contribution in [0.4, 0.5) is 34.1 Å². The molecule has 0 unspecified atom stereocenters. The molecule has 0 aromatic heterocycles. The van der Waals surface area contributed by atoms with Gasteiger partial charge < -0.3 is 9.80 Å². The van der Waals surface area contributed by atoms with E-state index in [0.717, 1.165) is 28.4 Å². The summed E-state index contributed by atoms with van der Waals surface area (Å²) in [5.74, 6) is 0. The fraction of sp³-hybridized carbons (Fsp3) is 0.0492. The molecule has 1 aliphatic carbocycles. The lowest BCUT2D eigenvalue weighted by molar-refractivity contribution is 0.661. The maximum absolute atomic E-state index is 2.47. The van der Waals surface area contributed by atoms with Gasteiger partial charge in [0.2, 0.25) is 0 Å². The molecule has 0 atom stereocenters. The molecule has 0 spiro atoms. The first-order chi connectivity index (χ1) is 31.0. The second-order valence-electron chi connectivity index (χ2n) is 17.3. The molecule has 1 aliphatic rings. The maximum atomic E-state index is 2.47. The first-order valence-electron chi connectivity index (χ1n) is 21.9. The first-order valence-corrected chi connectivity index (χ1v) is 21.9. The fourth-order valence-electron chi connectivity index (χ4n) is 10.3. The van der Waals surface area contributed by atoms with Gasteiger partial charge in [-0.05, 0) is 150 Å². The predicted octanol–water partition coefficient (Wildman–Crippen LogP) is 17.2. The molecule has 2 heteroatoms. The van der Waals surface area contributed by atoms with Gasteiger partial charge in [0.15, 0.2) is 0 Å². The Morgan fingerprint density at radius 2 is 0.698 bits per heavy atom. The van der Waals surface area contributed by atoms with Crippen molar-refractivity contribution in [2.24, 2.45) is 0 Å². The van der Waals surface area contributed by atoms with E-state index in [1.807, 2.05) is 0 Å². The molecule has 0 heterocycles. The number of para-hydroxylation sites is 4. The maximum Gasteiger partial charge on any atom is 0.0540 e. The Bertz CT molecular complexity index is 3370. The molecule has 0 fully saturated rings. The van der Waals surface area contributed by atoms with Crippen molar-refractivity contribution in [3.8, 4) is 33.4 Å². The van der Waals surface area contributed by atoms with Crippen LogP contribution in [0.25, 0.3) is 65.7 Å². The molecule has 0 radical (unpaired) electrons. The number of benzene rings is 11. The summed E-state index contributed by atoms with van der Waals surface area (Å²) in [6.45, 7) is 4.78. The largest absolute Gasteiger partial charge is 0.311 e. The predicted molar refractivity (Wildman–Crippen MR) is 268 cm³/mol. The number of fused-ring (bicyclic) bond motifs is 3. The van der Waals surface area contributed by atoms with E-state index in [0.29, 0.717) is 0 Å². The Morgan fingerprint density at radius 3 is 1.25 bits per heavy atom. The van der Waals surface area contributed by atoms with Gasteiger partial charge in [-0.15, -0.1) is 0 Å². The van der Waals surface area contributed by atoms with Crippen molar-refractivity contribution in [2.45, 2.75) is 19.3 Å². The van der Waals surface area contributed by atoms with Crippen LogP contribution in [-0.4, -0.2) is 0 Å². The zero-order valence-corrected chi connectivity index (χ0v) is 35.3. The minimum absolute atomic E-state index is 0.176. The quantitative estimate of drug-likeness (QED) is 0.141. The number of nitrogens with zero attached hydrogens (tertiary/aromatic N) is 2. The second-order valence-corrected chi connectivity index (χ2v) is 17.3. The number of rotatable bonds is 8. The van der Waals surface area contributed by atoms with Crippen LogP contribution in [0.5, 0.6) is 0 Å². The molecule has 0 aliphatic heterocycles. The van der Waals surface area contributed by atoms with Crippen molar-refractivity contribution < 1.29 is 0 Å². The number of hydrogen-bond acceptors (Lipinski definition) is 2. The second kappa shape index (κ2) is 14.6. The highest BCUT2D eigenvalue weighted by molar-refractivity contribution is 6.28. The van der Waals surface area contributed by atoms with Crippen LogP contribution in [0.2, 0.25) is 0 Å². The monoisotopic (exact) mass is 804 g/mol. The molecule has 63 heavy (non-hydrogen) atoms. The lowest BCUT2D eigenvalue weighted by Gasteiger charge is -2.27. The minimum atomic E-state index is -0.176. The zero-order valence-electron chi connectivity index (χ0n) is 35.3. The summed E-state index contributed by atoms with van der Waals surface area (Å²) < 4.78 is 0. The molecule has 0 bridgehead atoms. The molecule has 0 N–H and O–H groups in total. The van der Waals surface area contributed by atoms with Crippen molar-refractivity contribution in [1.29, 1.82) is 0 Å². The van der Waals surface area contributed by atoms with E-state index in [2.05, 4.69) is 254 Å². The van der Waals surface area contributed by atoms with Crippen LogP contribution in [-0.2, 0) is 5.41 Å². The minimum Gasteiger partial charge on any atom is -0.311 e. The van der Waals surface area contributed by atoms with Crippen molar-refractivity contribution in [1.82, 2.24) is 0 Å². The lowest BCUT2D eigenvalue weighted by Crippen LogP contribution is -2.15. The fourth-order valence-corrected chi connectivity index (χ4v) is 10.3. The number of hydrogen-bond donors (Lipinski definition) is 0. The summed E-state index contributed by atoms with van der Waals surface area (Å²) >= 11 is 0. The Labute approximate surface area is 368 Å². The Morgan fingerprint density at radius 1 is 0.302 bits per heavy atom. The van der Waals surface area contributed by atoms with Crippen LogP contribution in [0.3, 0.4) is 0 Å². The SMILES string of the molecule is CC1(C)c2cc(-c3ccc(N(c4ccccc4)c4ccccc4)cc3)ccc2-c2ccc(-c3ccc4ccc5c(N(c6ccccc6)c6ccccc6)ccc6ccc3c4c65)cc21. The summed E-state index contributed by atoms with van der Waals surface area (Å²) in [7, 11) is 0. The Hall–Kier alpha value is -7.94. The van der Waals surface area contributed by atoms with E-state index in [1.165, 1.54) is 82.5 Å². The standard InChI is InChI=1S/C61H44N2/c1-61(2)56-39-44(41-23-31-50(32-24-41)62(46-15-7-3-8-16-46)47-17-9-4-10-18-47)28-34-52(56)53-35-29-45(40-57(53)61)51-33-25-42-27-37-55-58(38-30-43-26-36-54(51)59(42)60(43)55)63(48-19-11-5-12-20-48)49-21-13-6-14-22-49/h3-40H,1-2H3. The van der Waals surface area contributed by atoms with E-state index < -0.39 is 0 Å². The Balaban J connectivity index is 0.917. The molecule has 0 saturated heterocycles. The lowest BCUT2D eigenvalue weighted by atomic mass is 9.80. The van der Waals surface area contributed by atoms with Crippen LogP contribution in [0.1, 0.15) is 25.0 Å². The van der Waals surface area contributed by atoms with Gasteiger partial charge >= 0.3 is 0 Å². The highest BCUT2D eigenvalue weighted by Crippen LogP contribution is 2.52. The highest BCUT2D eigenvalue weighted by atomic mass is 15.1. The third kappa shape index (κ3) is 6.02. The smallest absolute Gasteiger partial charge is 0.0540 e. The molecule has 2 nitrogen and oxygen atoms in total. The van der Waals surface area contributed by atoms with E-state index in [-0.39, 0.29) is 5.41 Å². The van der Waals surface area contributed by atoms with E-state index >= 15 is 0 Å². The van der Waals surface area contributed by atoms with E-state index in [9.17, 15) is 0 Å². The molecular weight excluding hydrogens is 761 g/mol. The first kappa shape index (κ1) is 36.9. The van der Waals surface area contributed by atoms with Gasteiger partial charge in [-0.3, -0.25) is 0 Å². The van der Waals surface area contributed by atoms with Crippen LogP contribution >= 0.6 is 0 Å². The summed E-state index contributed by atoms with van der Waals surface area (Å²) in [6, 6.07) is 84.4. The van der Waals surface area contributed by atoms with Crippen molar-refractivity contribution in [3.63, 3.8) is 0 Å². The molecular formula is C61H44N2. The van der Waals surface area contributed by atoms with Gasteiger partial charge in [-0.25, -0.2) is 0 Å². The molecule has 11 aromatic carbocycles. The van der Waals surface area contributed by atoms with Crippen LogP contribution in [0.15, 0.2) is 231 Å². The average Bonchev–Trinajstić information content (AvgIpc) is 3.57. The molecule has 298 valence electrons. The van der Waals surface area contributed by atoms with Gasteiger partial charge in [-0.1, -0.05) is 166 Å². The van der Waals surface area contributed by atoms with Crippen molar-refractivity contribution in [2.75, 3.05) is 9.80 Å². The average molecular weight is 805 g/mol.